The average Bonchev–Trinajstić information content (AvgIpc) is 2.36. The van der Waals surface area contributed by atoms with Gasteiger partial charge in [0.25, 0.3) is 0 Å². The van der Waals surface area contributed by atoms with Crippen molar-refractivity contribution in [3.63, 3.8) is 0 Å². The van der Waals surface area contributed by atoms with E-state index in [0.717, 1.165) is 18.9 Å². The second-order valence-corrected chi connectivity index (χ2v) is 4.59. The van der Waals surface area contributed by atoms with Gasteiger partial charge in [-0.1, -0.05) is 37.3 Å². The van der Waals surface area contributed by atoms with Crippen molar-refractivity contribution < 1.29 is 0 Å². The zero-order valence-electron chi connectivity index (χ0n) is 10.3. The molecule has 84 valence electrons. The standard InChI is InChI=1S/C14H23N/c1-4-5-9-15-11-14-10-12(2)7-6-8-13(14)3/h12,15H,4,6-8,10-11H2,1-3H3. The van der Waals surface area contributed by atoms with Crippen molar-refractivity contribution in [1.29, 1.82) is 0 Å². The largest absolute Gasteiger partial charge is 0.342 e. The van der Waals surface area contributed by atoms with Gasteiger partial charge in [-0.2, -0.15) is 0 Å². The summed E-state index contributed by atoms with van der Waals surface area (Å²) >= 11 is 0. The molecule has 0 fully saturated rings. The van der Waals surface area contributed by atoms with E-state index in [4.69, 9.17) is 0 Å². The van der Waals surface area contributed by atoms with E-state index in [-0.39, 0.29) is 0 Å². The van der Waals surface area contributed by atoms with Gasteiger partial charge in [0.15, 0.2) is 0 Å². The molecule has 0 saturated heterocycles. The lowest BCUT2D eigenvalue weighted by Gasteiger charge is -2.11. The number of allylic oxidation sites excluding steroid dienone is 1. The summed E-state index contributed by atoms with van der Waals surface area (Å²) in [6, 6.07) is 3.00. The smallest absolute Gasteiger partial charge is 0.0442 e. The van der Waals surface area contributed by atoms with Crippen molar-refractivity contribution in [2.45, 2.75) is 52.9 Å². The van der Waals surface area contributed by atoms with Crippen LogP contribution < -0.4 is 5.32 Å². The summed E-state index contributed by atoms with van der Waals surface area (Å²) in [4.78, 5) is 0. The van der Waals surface area contributed by atoms with Crippen LogP contribution in [0.25, 0.3) is 0 Å². The summed E-state index contributed by atoms with van der Waals surface area (Å²) in [5.74, 6) is 3.89. The average molecular weight is 205 g/mol. The predicted molar refractivity (Wildman–Crippen MR) is 66.4 cm³/mol. The molecule has 1 N–H and O–H groups in total. The molecule has 1 nitrogen and oxygen atoms in total. The molecule has 1 rings (SSSR count). The maximum atomic E-state index is 3.22. The Hall–Kier alpha value is -0.900. The SMILES string of the molecule is CCC#CNCC1=C(C)CCCC(C)C1. The molecule has 0 radical (unpaired) electrons. The minimum Gasteiger partial charge on any atom is -0.342 e. The maximum absolute atomic E-state index is 3.22. The molecule has 0 amide bonds. The Morgan fingerprint density at radius 1 is 1.47 bits per heavy atom. The van der Waals surface area contributed by atoms with Crippen LogP contribution in [-0.2, 0) is 0 Å². The highest BCUT2D eigenvalue weighted by molar-refractivity contribution is 5.17. The molecule has 0 aromatic carbocycles. The highest BCUT2D eigenvalue weighted by Crippen LogP contribution is 2.26. The summed E-state index contributed by atoms with van der Waals surface area (Å²) < 4.78 is 0. The molecule has 1 aliphatic carbocycles. The van der Waals surface area contributed by atoms with Crippen LogP contribution in [0.5, 0.6) is 0 Å². The van der Waals surface area contributed by atoms with Gasteiger partial charge in [-0.15, -0.1) is 0 Å². The third kappa shape index (κ3) is 4.42. The zero-order valence-corrected chi connectivity index (χ0v) is 10.3. The first kappa shape index (κ1) is 12.2. The van der Waals surface area contributed by atoms with E-state index >= 15 is 0 Å². The Morgan fingerprint density at radius 3 is 3.00 bits per heavy atom. The van der Waals surface area contributed by atoms with Crippen LogP contribution in [0.1, 0.15) is 52.9 Å². The van der Waals surface area contributed by atoms with Crippen molar-refractivity contribution in [1.82, 2.24) is 5.32 Å². The van der Waals surface area contributed by atoms with E-state index in [1.807, 2.05) is 0 Å². The Kier molecular flexibility index (Phi) is 5.32. The van der Waals surface area contributed by atoms with E-state index in [9.17, 15) is 0 Å². The van der Waals surface area contributed by atoms with Gasteiger partial charge in [0.1, 0.15) is 0 Å². The fourth-order valence-corrected chi connectivity index (χ4v) is 2.11. The van der Waals surface area contributed by atoms with Crippen LogP contribution >= 0.6 is 0 Å². The summed E-state index contributed by atoms with van der Waals surface area (Å²) in [6.45, 7) is 7.68. The van der Waals surface area contributed by atoms with Crippen molar-refractivity contribution in [2.75, 3.05) is 6.54 Å². The maximum Gasteiger partial charge on any atom is 0.0442 e. The normalized spacial score (nSPS) is 21.7. The van der Waals surface area contributed by atoms with Gasteiger partial charge >= 0.3 is 0 Å². The molecule has 0 bridgehead atoms. The molecule has 0 saturated carbocycles. The molecule has 0 aromatic rings. The summed E-state index contributed by atoms with van der Waals surface area (Å²) in [7, 11) is 0. The summed E-state index contributed by atoms with van der Waals surface area (Å²) in [5.41, 5.74) is 3.18. The van der Waals surface area contributed by atoms with Gasteiger partial charge in [-0.05, 0) is 32.1 Å². The van der Waals surface area contributed by atoms with Crippen LogP contribution in [0.2, 0.25) is 0 Å². The Balaban J connectivity index is 2.48. The van der Waals surface area contributed by atoms with Crippen LogP contribution in [0.4, 0.5) is 0 Å². The molecule has 0 aliphatic heterocycles. The molecule has 1 atom stereocenters. The molecule has 1 heteroatoms. The first-order chi connectivity index (χ1) is 7.24. The van der Waals surface area contributed by atoms with Gasteiger partial charge in [-0.3, -0.25) is 0 Å². The number of nitrogens with one attached hydrogen (secondary N) is 1. The third-order valence-corrected chi connectivity index (χ3v) is 3.10. The fraction of sp³-hybridized carbons (Fsp3) is 0.714. The van der Waals surface area contributed by atoms with E-state index in [0.29, 0.717) is 0 Å². The van der Waals surface area contributed by atoms with Crippen molar-refractivity contribution >= 4 is 0 Å². The molecule has 15 heavy (non-hydrogen) atoms. The zero-order chi connectivity index (χ0) is 11.1. The minimum atomic E-state index is 0.846. The molecular formula is C14H23N. The van der Waals surface area contributed by atoms with Crippen LogP contribution in [0, 0.1) is 17.9 Å². The van der Waals surface area contributed by atoms with E-state index in [1.165, 1.54) is 25.7 Å². The van der Waals surface area contributed by atoms with E-state index < -0.39 is 0 Å². The lowest BCUT2D eigenvalue weighted by molar-refractivity contribution is 0.520. The number of hydrogen-bond acceptors (Lipinski definition) is 1. The third-order valence-electron chi connectivity index (χ3n) is 3.10. The first-order valence-electron chi connectivity index (χ1n) is 6.12. The van der Waals surface area contributed by atoms with Crippen LogP contribution in [0.15, 0.2) is 11.1 Å². The molecule has 0 spiro atoms. The monoisotopic (exact) mass is 205 g/mol. The van der Waals surface area contributed by atoms with Gasteiger partial charge in [0, 0.05) is 19.0 Å². The van der Waals surface area contributed by atoms with E-state index in [1.54, 1.807) is 11.1 Å². The second kappa shape index (κ2) is 6.56. The molecule has 0 heterocycles. The topological polar surface area (TPSA) is 12.0 Å². The predicted octanol–water partition coefficient (Wildman–Crippen LogP) is 3.47. The van der Waals surface area contributed by atoms with Crippen molar-refractivity contribution in [3.8, 4) is 12.0 Å². The van der Waals surface area contributed by atoms with Gasteiger partial charge in [0.2, 0.25) is 0 Å². The summed E-state index contributed by atoms with van der Waals surface area (Å²) in [5, 5.41) is 3.22. The summed E-state index contributed by atoms with van der Waals surface area (Å²) in [6.07, 6.45) is 6.20. The molecule has 1 unspecified atom stereocenters. The highest BCUT2D eigenvalue weighted by atomic mass is 14.8. The first-order valence-corrected chi connectivity index (χ1v) is 6.12. The van der Waals surface area contributed by atoms with Crippen molar-refractivity contribution in [2.24, 2.45) is 5.92 Å². The van der Waals surface area contributed by atoms with Crippen LogP contribution in [0.3, 0.4) is 0 Å². The lowest BCUT2D eigenvalue weighted by Crippen LogP contribution is -2.13. The Bertz CT molecular complexity index is 277. The highest BCUT2D eigenvalue weighted by Gasteiger charge is 2.12. The Labute approximate surface area is 94.3 Å². The van der Waals surface area contributed by atoms with Gasteiger partial charge < -0.3 is 5.32 Å². The molecular weight excluding hydrogens is 182 g/mol. The van der Waals surface area contributed by atoms with Gasteiger partial charge in [0.05, 0.1) is 0 Å². The second-order valence-electron chi connectivity index (χ2n) is 4.59. The van der Waals surface area contributed by atoms with E-state index in [2.05, 4.69) is 38.1 Å². The molecule has 1 aliphatic rings. The quantitative estimate of drug-likeness (QED) is 0.413. The van der Waals surface area contributed by atoms with Crippen LogP contribution in [-0.4, -0.2) is 6.54 Å². The Morgan fingerprint density at radius 2 is 2.27 bits per heavy atom. The minimum absolute atomic E-state index is 0.846. The van der Waals surface area contributed by atoms with Gasteiger partial charge in [-0.25, -0.2) is 0 Å². The molecule has 0 aromatic heterocycles. The lowest BCUT2D eigenvalue weighted by atomic mass is 9.99. The number of rotatable bonds is 2. The number of hydrogen-bond donors (Lipinski definition) is 1. The van der Waals surface area contributed by atoms with Crippen molar-refractivity contribution in [3.05, 3.63) is 11.1 Å². The fourth-order valence-electron chi connectivity index (χ4n) is 2.11.